The van der Waals surface area contributed by atoms with Crippen LogP contribution in [0.4, 0.5) is 5.82 Å². The van der Waals surface area contributed by atoms with Crippen LogP contribution in [0.2, 0.25) is 0 Å². The summed E-state index contributed by atoms with van der Waals surface area (Å²) in [7, 11) is -2.16. The molecule has 23 heavy (non-hydrogen) atoms. The number of nitrogens with zero attached hydrogens (tertiary/aromatic N) is 1. The number of pyridine rings is 1. The number of aromatic nitrogens is 1. The Morgan fingerprint density at radius 3 is 2.35 bits per heavy atom. The highest BCUT2D eigenvalue weighted by molar-refractivity contribution is 9.10. The van der Waals surface area contributed by atoms with Gasteiger partial charge >= 0.3 is 0 Å². The molecule has 0 fully saturated rings. The molecule has 0 aliphatic rings. The number of halogens is 1. The predicted octanol–water partition coefficient (Wildman–Crippen LogP) is 3.89. The van der Waals surface area contributed by atoms with Crippen LogP contribution in [0.3, 0.4) is 0 Å². The quantitative estimate of drug-likeness (QED) is 0.847. The van der Waals surface area contributed by atoms with Crippen molar-refractivity contribution >= 4 is 31.8 Å². The minimum Gasteiger partial charge on any atom is -0.496 e. The molecule has 124 valence electrons. The van der Waals surface area contributed by atoms with Crippen LogP contribution < -0.4 is 9.46 Å². The van der Waals surface area contributed by atoms with Gasteiger partial charge in [0, 0.05) is 4.47 Å². The molecule has 5 nitrogen and oxygen atoms in total. The van der Waals surface area contributed by atoms with Crippen molar-refractivity contribution in [2.75, 3.05) is 11.8 Å². The molecular formula is C16H19BrN2O3S. The number of anilines is 1. The molecular weight excluding hydrogens is 380 g/mol. The predicted molar refractivity (Wildman–Crippen MR) is 94.7 cm³/mol. The summed E-state index contributed by atoms with van der Waals surface area (Å²) in [4.78, 5) is 4.50. The number of hydrogen-bond donors (Lipinski definition) is 1. The summed E-state index contributed by atoms with van der Waals surface area (Å²) in [5.41, 5.74) is 2.82. The molecule has 0 aliphatic heterocycles. The van der Waals surface area contributed by atoms with Gasteiger partial charge in [-0.05, 0) is 78.5 Å². The van der Waals surface area contributed by atoms with E-state index in [1.165, 1.54) is 0 Å². The summed E-state index contributed by atoms with van der Waals surface area (Å²) in [6.45, 7) is 7.17. The summed E-state index contributed by atoms with van der Waals surface area (Å²) < 4.78 is 34.2. The van der Waals surface area contributed by atoms with Crippen LogP contribution in [-0.4, -0.2) is 20.5 Å². The lowest BCUT2D eigenvalue weighted by molar-refractivity contribution is 0.410. The van der Waals surface area contributed by atoms with Crippen LogP contribution in [0, 0.1) is 27.7 Å². The largest absolute Gasteiger partial charge is 0.496 e. The highest BCUT2D eigenvalue weighted by atomic mass is 79.9. The molecule has 1 aromatic carbocycles. The maximum Gasteiger partial charge on any atom is 0.263 e. The summed E-state index contributed by atoms with van der Waals surface area (Å²) in [5.74, 6) is 0.967. The van der Waals surface area contributed by atoms with Gasteiger partial charge in [-0.3, -0.25) is 4.72 Å². The third kappa shape index (κ3) is 3.50. The fraction of sp³-hybridized carbons (Fsp3) is 0.312. The third-order valence-corrected chi connectivity index (χ3v) is 6.21. The van der Waals surface area contributed by atoms with Gasteiger partial charge in [0.05, 0.1) is 17.7 Å². The molecule has 0 atom stereocenters. The van der Waals surface area contributed by atoms with E-state index in [1.807, 2.05) is 6.92 Å². The van der Waals surface area contributed by atoms with E-state index in [4.69, 9.17) is 4.74 Å². The first kappa shape index (κ1) is 17.7. The molecule has 1 N–H and O–H groups in total. The summed E-state index contributed by atoms with van der Waals surface area (Å²) in [6.07, 6.45) is 0. The van der Waals surface area contributed by atoms with Crippen molar-refractivity contribution in [1.29, 1.82) is 0 Å². The van der Waals surface area contributed by atoms with Gasteiger partial charge in [0.15, 0.2) is 0 Å². The Labute approximate surface area is 145 Å². The fourth-order valence-corrected chi connectivity index (χ4v) is 4.19. The second-order valence-electron chi connectivity index (χ2n) is 5.34. The second-order valence-corrected chi connectivity index (χ2v) is 7.82. The molecule has 0 amide bonds. The molecule has 7 heteroatoms. The monoisotopic (exact) mass is 398 g/mol. The number of methoxy groups -OCH3 is 1. The van der Waals surface area contributed by atoms with Gasteiger partial charge in [-0.2, -0.15) is 0 Å². The SMILES string of the molecule is COc1cc(C)c(S(=O)(=O)Nc2ccc(Br)c(C)n2)c(C)c1C. The van der Waals surface area contributed by atoms with Gasteiger partial charge < -0.3 is 4.74 Å². The van der Waals surface area contributed by atoms with Crippen LogP contribution in [0.15, 0.2) is 27.6 Å². The highest BCUT2D eigenvalue weighted by Gasteiger charge is 2.23. The van der Waals surface area contributed by atoms with Crippen LogP contribution >= 0.6 is 15.9 Å². The van der Waals surface area contributed by atoms with Crippen molar-refractivity contribution < 1.29 is 13.2 Å². The molecule has 1 heterocycles. The highest BCUT2D eigenvalue weighted by Crippen LogP contribution is 2.31. The van der Waals surface area contributed by atoms with E-state index in [-0.39, 0.29) is 10.7 Å². The van der Waals surface area contributed by atoms with Crippen LogP contribution in [0.25, 0.3) is 0 Å². The number of nitrogens with one attached hydrogen (secondary N) is 1. The number of hydrogen-bond acceptors (Lipinski definition) is 4. The summed E-state index contributed by atoms with van der Waals surface area (Å²) in [6, 6.07) is 5.12. The van der Waals surface area contributed by atoms with E-state index in [0.29, 0.717) is 22.6 Å². The minimum atomic E-state index is -3.74. The van der Waals surface area contributed by atoms with E-state index < -0.39 is 10.0 Å². The molecule has 2 rings (SSSR count). The van der Waals surface area contributed by atoms with E-state index in [0.717, 1.165) is 10.0 Å². The van der Waals surface area contributed by atoms with E-state index in [9.17, 15) is 8.42 Å². The van der Waals surface area contributed by atoms with E-state index in [2.05, 4.69) is 25.6 Å². The zero-order chi connectivity index (χ0) is 17.4. The Kier molecular flexibility index (Phi) is 5.01. The third-order valence-electron chi connectivity index (χ3n) is 3.73. The number of aryl methyl sites for hydroxylation is 2. The zero-order valence-electron chi connectivity index (χ0n) is 13.7. The van der Waals surface area contributed by atoms with Gasteiger partial charge in [0.2, 0.25) is 0 Å². The van der Waals surface area contributed by atoms with Crippen molar-refractivity contribution in [1.82, 2.24) is 4.98 Å². The van der Waals surface area contributed by atoms with E-state index >= 15 is 0 Å². The molecule has 0 bridgehead atoms. The fourth-order valence-electron chi connectivity index (χ4n) is 2.44. The Hall–Kier alpha value is -1.60. The van der Waals surface area contributed by atoms with Crippen LogP contribution in [-0.2, 0) is 10.0 Å². The smallest absolute Gasteiger partial charge is 0.263 e. The topological polar surface area (TPSA) is 68.3 Å². The minimum absolute atomic E-state index is 0.262. The molecule has 2 aromatic rings. The average molecular weight is 399 g/mol. The molecule has 0 radical (unpaired) electrons. The average Bonchev–Trinajstić information content (AvgIpc) is 2.46. The Morgan fingerprint density at radius 2 is 1.78 bits per heavy atom. The van der Waals surface area contributed by atoms with Crippen LogP contribution in [0.1, 0.15) is 22.4 Å². The Morgan fingerprint density at radius 1 is 1.13 bits per heavy atom. The maximum atomic E-state index is 12.8. The van der Waals surface area contributed by atoms with Gasteiger partial charge in [0.1, 0.15) is 11.6 Å². The molecule has 0 saturated heterocycles. The molecule has 0 saturated carbocycles. The lowest BCUT2D eigenvalue weighted by atomic mass is 10.1. The van der Waals surface area contributed by atoms with Crippen LogP contribution in [0.5, 0.6) is 5.75 Å². The molecule has 0 unspecified atom stereocenters. The van der Waals surface area contributed by atoms with Crippen molar-refractivity contribution in [2.45, 2.75) is 32.6 Å². The number of sulfonamides is 1. The lowest BCUT2D eigenvalue weighted by Gasteiger charge is -2.17. The van der Waals surface area contributed by atoms with Gasteiger partial charge in [0.25, 0.3) is 10.0 Å². The van der Waals surface area contributed by atoms with Crippen molar-refractivity contribution in [3.8, 4) is 5.75 Å². The van der Waals surface area contributed by atoms with Gasteiger partial charge in [-0.15, -0.1) is 0 Å². The Bertz CT molecular complexity index is 864. The first-order valence-electron chi connectivity index (χ1n) is 6.98. The molecule has 1 aromatic heterocycles. The molecule has 0 spiro atoms. The number of ether oxygens (including phenoxy) is 1. The lowest BCUT2D eigenvalue weighted by Crippen LogP contribution is -2.17. The zero-order valence-corrected chi connectivity index (χ0v) is 16.1. The Balaban J connectivity index is 2.52. The van der Waals surface area contributed by atoms with Crippen molar-refractivity contribution in [3.63, 3.8) is 0 Å². The number of rotatable bonds is 4. The summed E-state index contributed by atoms with van der Waals surface area (Å²) in [5, 5.41) is 0. The van der Waals surface area contributed by atoms with Crippen molar-refractivity contribution in [2.24, 2.45) is 0 Å². The normalized spacial score (nSPS) is 11.4. The second kappa shape index (κ2) is 6.49. The van der Waals surface area contributed by atoms with Gasteiger partial charge in [-0.25, -0.2) is 13.4 Å². The first-order chi connectivity index (χ1) is 10.7. The first-order valence-corrected chi connectivity index (χ1v) is 9.25. The molecule has 0 aliphatic carbocycles. The van der Waals surface area contributed by atoms with Gasteiger partial charge in [-0.1, -0.05) is 0 Å². The summed E-state index contributed by atoms with van der Waals surface area (Å²) >= 11 is 3.35. The van der Waals surface area contributed by atoms with E-state index in [1.54, 1.807) is 46.1 Å². The number of benzene rings is 1. The standard InChI is InChI=1S/C16H19BrN2O3S/c1-9-8-14(22-5)10(2)11(3)16(9)23(20,21)19-15-7-6-13(17)12(4)18-15/h6-8H,1-5H3,(H,18,19). The maximum absolute atomic E-state index is 12.8. The van der Waals surface area contributed by atoms with Crippen molar-refractivity contribution in [3.05, 3.63) is 45.1 Å².